The molecular weight excluding hydrogens is 372 g/mol. The molecule has 0 aromatic heterocycles. The maximum Gasteiger partial charge on any atom is 0.414 e. The highest BCUT2D eigenvalue weighted by Gasteiger charge is 2.23. The quantitative estimate of drug-likeness (QED) is 0.582. The first kappa shape index (κ1) is 21.0. The zero-order valence-corrected chi connectivity index (χ0v) is 16.7. The summed E-state index contributed by atoms with van der Waals surface area (Å²) < 4.78 is 4.95. The van der Waals surface area contributed by atoms with E-state index in [1.807, 2.05) is 24.3 Å². The highest BCUT2D eigenvalue weighted by Crippen LogP contribution is 2.20. The molecule has 0 radical (unpaired) electrons. The van der Waals surface area contributed by atoms with Crippen LogP contribution in [0.5, 0.6) is 0 Å². The van der Waals surface area contributed by atoms with Gasteiger partial charge in [-0.25, -0.2) is 9.59 Å². The Morgan fingerprint density at radius 2 is 1.97 bits per heavy atom. The van der Waals surface area contributed by atoms with Crippen LogP contribution in [0.1, 0.15) is 50.5 Å². The molecule has 4 amide bonds. The van der Waals surface area contributed by atoms with Crippen molar-refractivity contribution in [2.75, 3.05) is 24.6 Å². The third-order valence-electron chi connectivity index (χ3n) is 5.28. The van der Waals surface area contributed by atoms with Crippen molar-refractivity contribution in [2.24, 2.45) is 0 Å². The molecule has 158 valence electrons. The van der Waals surface area contributed by atoms with Gasteiger partial charge in [-0.3, -0.25) is 9.69 Å². The summed E-state index contributed by atoms with van der Waals surface area (Å²) in [5, 5.41) is 8.70. The monoisotopic (exact) mass is 402 g/mol. The van der Waals surface area contributed by atoms with Gasteiger partial charge < -0.3 is 20.7 Å². The van der Waals surface area contributed by atoms with Crippen LogP contribution in [-0.2, 0) is 16.1 Å². The predicted octanol–water partition coefficient (Wildman–Crippen LogP) is 2.67. The molecule has 3 N–H and O–H groups in total. The number of carbonyl (C=O) groups excluding carboxylic acids is 3. The van der Waals surface area contributed by atoms with E-state index in [0.717, 1.165) is 24.1 Å². The highest BCUT2D eigenvalue weighted by molar-refractivity contribution is 5.89. The maximum absolute atomic E-state index is 12.0. The highest BCUT2D eigenvalue weighted by atomic mass is 16.6. The lowest BCUT2D eigenvalue weighted by atomic mass is 9.96. The number of nitrogens with one attached hydrogen (secondary N) is 3. The summed E-state index contributed by atoms with van der Waals surface area (Å²) in [5.74, 6) is -0.0644. The third-order valence-corrected chi connectivity index (χ3v) is 5.28. The number of anilines is 1. The van der Waals surface area contributed by atoms with Crippen molar-refractivity contribution in [1.82, 2.24) is 16.0 Å². The van der Waals surface area contributed by atoms with Crippen molar-refractivity contribution in [1.29, 1.82) is 0 Å². The normalized spacial score (nSPS) is 17.0. The van der Waals surface area contributed by atoms with E-state index in [1.165, 1.54) is 19.3 Å². The Morgan fingerprint density at radius 3 is 2.72 bits per heavy atom. The Bertz CT molecular complexity index is 718. The van der Waals surface area contributed by atoms with Crippen LogP contribution < -0.4 is 20.9 Å². The van der Waals surface area contributed by atoms with E-state index >= 15 is 0 Å². The molecule has 0 atom stereocenters. The molecule has 2 aliphatic rings. The summed E-state index contributed by atoms with van der Waals surface area (Å²) in [6, 6.07) is 7.63. The lowest BCUT2D eigenvalue weighted by molar-refractivity contribution is -0.121. The summed E-state index contributed by atoms with van der Waals surface area (Å²) in [7, 11) is 0. The fourth-order valence-electron chi connectivity index (χ4n) is 3.69. The van der Waals surface area contributed by atoms with Gasteiger partial charge in [-0.2, -0.15) is 0 Å². The minimum absolute atomic E-state index is 0.0644. The Labute approximate surface area is 171 Å². The standard InChI is InChI=1S/C21H30N4O4/c26-19(10-5-11-22-20(27)24-17-7-2-1-3-8-17)23-15-16-6-4-9-18(14-16)25-12-13-29-21(25)28/h4,6,9,14,17H,1-3,5,7-8,10-13,15H2,(H,23,26)(H2,22,24,27). The van der Waals surface area contributed by atoms with E-state index in [4.69, 9.17) is 4.74 Å². The third kappa shape index (κ3) is 6.66. The first-order valence-electron chi connectivity index (χ1n) is 10.5. The summed E-state index contributed by atoms with van der Waals surface area (Å²) in [6.45, 7) is 1.80. The predicted molar refractivity (Wildman–Crippen MR) is 110 cm³/mol. The topological polar surface area (TPSA) is 99.8 Å². The van der Waals surface area contributed by atoms with Gasteiger partial charge >= 0.3 is 12.1 Å². The number of cyclic esters (lactones) is 1. The van der Waals surface area contributed by atoms with Gasteiger partial charge in [0.2, 0.25) is 5.91 Å². The SMILES string of the molecule is O=C(CCCNC(=O)NC1CCCCC1)NCc1cccc(N2CCOC2=O)c1. The maximum atomic E-state index is 12.0. The molecule has 1 heterocycles. The van der Waals surface area contributed by atoms with E-state index in [-0.39, 0.29) is 24.1 Å². The molecular formula is C21H30N4O4. The fourth-order valence-corrected chi connectivity index (χ4v) is 3.69. The van der Waals surface area contributed by atoms with Gasteiger partial charge in [0, 0.05) is 31.2 Å². The molecule has 29 heavy (non-hydrogen) atoms. The lowest BCUT2D eigenvalue weighted by Crippen LogP contribution is -2.43. The van der Waals surface area contributed by atoms with Crippen LogP contribution in [0.15, 0.2) is 24.3 Å². The van der Waals surface area contributed by atoms with Gasteiger partial charge in [-0.1, -0.05) is 31.4 Å². The van der Waals surface area contributed by atoms with Crippen molar-refractivity contribution in [3.8, 4) is 0 Å². The molecule has 3 rings (SSSR count). The molecule has 1 aliphatic heterocycles. The summed E-state index contributed by atoms with van der Waals surface area (Å²) >= 11 is 0. The molecule has 0 spiro atoms. The Balaban J connectivity index is 1.31. The Kier molecular flexibility index (Phi) is 7.72. The van der Waals surface area contributed by atoms with Crippen LogP contribution in [0, 0.1) is 0 Å². The second-order valence-corrected chi connectivity index (χ2v) is 7.55. The molecule has 1 aromatic carbocycles. The molecule has 8 nitrogen and oxygen atoms in total. The average Bonchev–Trinajstić information content (AvgIpc) is 3.16. The number of ether oxygens (including phenoxy) is 1. The number of rotatable bonds is 8. The van der Waals surface area contributed by atoms with Crippen LogP contribution in [-0.4, -0.2) is 43.8 Å². The second-order valence-electron chi connectivity index (χ2n) is 7.55. The number of benzene rings is 1. The first-order valence-corrected chi connectivity index (χ1v) is 10.5. The van der Waals surface area contributed by atoms with Crippen LogP contribution in [0.25, 0.3) is 0 Å². The molecule has 8 heteroatoms. The van der Waals surface area contributed by atoms with Gasteiger partial charge in [0.25, 0.3) is 0 Å². The minimum atomic E-state index is -0.341. The second kappa shape index (κ2) is 10.7. The Morgan fingerprint density at radius 1 is 1.14 bits per heavy atom. The number of hydrogen-bond acceptors (Lipinski definition) is 4. The minimum Gasteiger partial charge on any atom is -0.447 e. The lowest BCUT2D eigenvalue weighted by Gasteiger charge is -2.22. The van der Waals surface area contributed by atoms with E-state index in [0.29, 0.717) is 39.1 Å². The zero-order chi connectivity index (χ0) is 20.5. The first-order chi connectivity index (χ1) is 14.1. The fraction of sp³-hybridized carbons (Fsp3) is 0.571. The van der Waals surface area contributed by atoms with E-state index in [1.54, 1.807) is 4.90 Å². The van der Waals surface area contributed by atoms with E-state index < -0.39 is 0 Å². The number of amides is 4. The van der Waals surface area contributed by atoms with E-state index in [2.05, 4.69) is 16.0 Å². The molecule has 1 saturated heterocycles. The van der Waals surface area contributed by atoms with Gasteiger partial charge in [0.1, 0.15) is 6.61 Å². The summed E-state index contributed by atoms with van der Waals surface area (Å²) in [6.07, 6.45) is 6.31. The molecule has 0 unspecified atom stereocenters. The van der Waals surface area contributed by atoms with Gasteiger partial charge in [-0.15, -0.1) is 0 Å². The van der Waals surface area contributed by atoms with Crippen LogP contribution in [0.2, 0.25) is 0 Å². The smallest absolute Gasteiger partial charge is 0.414 e. The van der Waals surface area contributed by atoms with Crippen LogP contribution >= 0.6 is 0 Å². The van der Waals surface area contributed by atoms with Crippen molar-refractivity contribution in [3.05, 3.63) is 29.8 Å². The number of urea groups is 1. The Hall–Kier alpha value is -2.77. The van der Waals surface area contributed by atoms with Gasteiger partial charge in [0.15, 0.2) is 0 Å². The zero-order valence-electron chi connectivity index (χ0n) is 16.7. The molecule has 1 saturated carbocycles. The van der Waals surface area contributed by atoms with Crippen LogP contribution in [0.4, 0.5) is 15.3 Å². The molecule has 2 fully saturated rings. The molecule has 1 aromatic rings. The summed E-state index contributed by atoms with van der Waals surface area (Å²) in [4.78, 5) is 37.2. The summed E-state index contributed by atoms with van der Waals surface area (Å²) in [5.41, 5.74) is 1.69. The number of carbonyl (C=O) groups is 3. The molecule has 1 aliphatic carbocycles. The number of nitrogens with zero attached hydrogens (tertiary/aromatic N) is 1. The average molecular weight is 402 g/mol. The molecule has 0 bridgehead atoms. The largest absolute Gasteiger partial charge is 0.447 e. The van der Waals surface area contributed by atoms with Crippen molar-refractivity contribution in [3.63, 3.8) is 0 Å². The van der Waals surface area contributed by atoms with Crippen LogP contribution in [0.3, 0.4) is 0 Å². The van der Waals surface area contributed by atoms with Gasteiger partial charge in [0.05, 0.1) is 6.54 Å². The van der Waals surface area contributed by atoms with Crippen molar-refractivity contribution >= 4 is 23.7 Å². The number of hydrogen-bond donors (Lipinski definition) is 3. The van der Waals surface area contributed by atoms with Gasteiger partial charge in [-0.05, 0) is 37.0 Å². The van der Waals surface area contributed by atoms with Crippen molar-refractivity contribution < 1.29 is 19.1 Å². The van der Waals surface area contributed by atoms with Crippen molar-refractivity contribution in [2.45, 2.75) is 57.5 Å². The van der Waals surface area contributed by atoms with E-state index in [9.17, 15) is 14.4 Å².